The van der Waals surface area contributed by atoms with Crippen molar-refractivity contribution in [3.05, 3.63) is 59.4 Å². The summed E-state index contributed by atoms with van der Waals surface area (Å²) >= 11 is 5.80. The van der Waals surface area contributed by atoms with Crippen LogP contribution in [0.4, 0.5) is 5.82 Å². The molecule has 0 aliphatic carbocycles. The van der Waals surface area contributed by atoms with Crippen molar-refractivity contribution in [3.63, 3.8) is 0 Å². The summed E-state index contributed by atoms with van der Waals surface area (Å²) in [5.74, 6) is 0.721. The maximum Gasteiger partial charge on any atom is 0.267 e. The zero-order valence-electron chi connectivity index (χ0n) is 15.1. The third-order valence-corrected chi connectivity index (χ3v) is 3.99. The topological polar surface area (TPSA) is 146 Å². The predicted molar refractivity (Wildman–Crippen MR) is 108 cm³/mol. The van der Waals surface area contributed by atoms with Gasteiger partial charge in [0.05, 0.1) is 11.1 Å². The molecule has 0 saturated carbocycles. The molecule has 0 aliphatic rings. The van der Waals surface area contributed by atoms with Crippen LogP contribution in [0.2, 0.25) is 5.02 Å². The average Bonchev–Trinajstić information content (AvgIpc) is 2.74. The van der Waals surface area contributed by atoms with Crippen molar-refractivity contribution >= 4 is 29.6 Å². The van der Waals surface area contributed by atoms with E-state index in [1.54, 1.807) is 36.4 Å². The Morgan fingerprint density at radius 3 is 2.55 bits per heavy atom. The SMILES string of the molecule is NC[C@@H](C=O)Nc1cc(C(N)=O)nc(-c2ccc(Oc3ccc(Cl)cn3)cc2)n1. The zero-order chi connectivity index (χ0) is 20.8. The van der Waals surface area contributed by atoms with E-state index in [4.69, 9.17) is 27.8 Å². The van der Waals surface area contributed by atoms with E-state index in [1.165, 1.54) is 12.3 Å². The van der Waals surface area contributed by atoms with Crippen molar-refractivity contribution in [1.82, 2.24) is 15.0 Å². The number of aromatic nitrogens is 3. The fraction of sp³-hybridized carbons (Fsp3) is 0.105. The Hall–Kier alpha value is -3.56. The summed E-state index contributed by atoms with van der Waals surface area (Å²) in [6.45, 7) is 0.0690. The molecule has 0 bridgehead atoms. The Bertz CT molecular complexity index is 1010. The number of aldehydes is 1. The molecule has 1 aromatic carbocycles. The van der Waals surface area contributed by atoms with Gasteiger partial charge in [-0.1, -0.05) is 11.6 Å². The van der Waals surface area contributed by atoms with Crippen LogP contribution in [0.3, 0.4) is 0 Å². The molecule has 0 aliphatic heterocycles. The summed E-state index contributed by atoms with van der Waals surface area (Å²) in [5.41, 5.74) is 11.5. The quantitative estimate of drug-likeness (QED) is 0.476. The van der Waals surface area contributed by atoms with Gasteiger partial charge in [-0.3, -0.25) is 4.79 Å². The molecule has 0 fully saturated rings. The van der Waals surface area contributed by atoms with Crippen molar-refractivity contribution < 1.29 is 14.3 Å². The highest BCUT2D eigenvalue weighted by molar-refractivity contribution is 6.30. The smallest absolute Gasteiger partial charge is 0.267 e. The molecule has 0 saturated heterocycles. The number of amides is 1. The van der Waals surface area contributed by atoms with E-state index in [1.807, 2.05) is 0 Å². The number of nitrogens with one attached hydrogen (secondary N) is 1. The molecule has 29 heavy (non-hydrogen) atoms. The van der Waals surface area contributed by atoms with Crippen molar-refractivity contribution in [2.24, 2.45) is 11.5 Å². The van der Waals surface area contributed by atoms with E-state index in [2.05, 4.69) is 20.3 Å². The lowest BCUT2D eigenvalue weighted by atomic mass is 10.2. The van der Waals surface area contributed by atoms with Crippen LogP contribution >= 0.6 is 11.6 Å². The van der Waals surface area contributed by atoms with Crippen LogP contribution < -0.4 is 21.5 Å². The van der Waals surface area contributed by atoms with E-state index in [-0.39, 0.29) is 23.9 Å². The third-order valence-electron chi connectivity index (χ3n) is 3.77. The van der Waals surface area contributed by atoms with Crippen LogP contribution in [0, 0.1) is 0 Å². The minimum absolute atomic E-state index is 0.00450. The number of carbonyl (C=O) groups is 2. The molecule has 5 N–H and O–H groups in total. The Labute approximate surface area is 171 Å². The molecule has 1 amide bonds. The first-order valence-corrected chi connectivity index (χ1v) is 8.87. The van der Waals surface area contributed by atoms with Crippen LogP contribution in [-0.4, -0.2) is 39.7 Å². The van der Waals surface area contributed by atoms with Gasteiger partial charge in [0.25, 0.3) is 5.91 Å². The minimum Gasteiger partial charge on any atom is -0.439 e. The van der Waals surface area contributed by atoms with Gasteiger partial charge in [0, 0.05) is 30.4 Å². The first-order valence-electron chi connectivity index (χ1n) is 8.49. The summed E-state index contributed by atoms with van der Waals surface area (Å²) < 4.78 is 5.64. The largest absolute Gasteiger partial charge is 0.439 e. The number of anilines is 1. The molecule has 9 nitrogen and oxygen atoms in total. The molecule has 0 radical (unpaired) electrons. The Balaban J connectivity index is 1.86. The van der Waals surface area contributed by atoms with E-state index in [9.17, 15) is 9.59 Å². The Morgan fingerprint density at radius 1 is 1.21 bits per heavy atom. The molecule has 3 rings (SSSR count). The van der Waals surface area contributed by atoms with Gasteiger partial charge in [0.2, 0.25) is 5.88 Å². The van der Waals surface area contributed by atoms with Gasteiger partial charge >= 0.3 is 0 Å². The monoisotopic (exact) mass is 412 g/mol. The van der Waals surface area contributed by atoms with E-state index >= 15 is 0 Å². The Kier molecular flexibility index (Phi) is 6.32. The van der Waals surface area contributed by atoms with Gasteiger partial charge in [0.15, 0.2) is 5.82 Å². The van der Waals surface area contributed by atoms with Gasteiger partial charge in [-0.15, -0.1) is 0 Å². The van der Waals surface area contributed by atoms with Gasteiger partial charge in [-0.05, 0) is 30.3 Å². The predicted octanol–water partition coefficient (Wildman–Crippen LogP) is 2.02. The number of carbonyl (C=O) groups excluding carboxylic acids is 2. The Morgan fingerprint density at radius 2 is 1.97 bits per heavy atom. The number of nitrogens with two attached hydrogens (primary N) is 2. The van der Waals surface area contributed by atoms with Crippen molar-refractivity contribution in [2.75, 3.05) is 11.9 Å². The molecule has 10 heteroatoms. The van der Waals surface area contributed by atoms with Crippen LogP contribution in [-0.2, 0) is 4.79 Å². The minimum atomic E-state index is -0.721. The van der Waals surface area contributed by atoms with Crippen molar-refractivity contribution in [3.8, 4) is 23.0 Å². The lowest BCUT2D eigenvalue weighted by Crippen LogP contribution is -2.30. The molecular formula is C19H17ClN6O3. The maximum atomic E-state index is 11.6. The zero-order valence-corrected chi connectivity index (χ0v) is 15.8. The average molecular weight is 413 g/mol. The van der Waals surface area contributed by atoms with Crippen LogP contribution in [0.1, 0.15) is 10.5 Å². The lowest BCUT2D eigenvalue weighted by molar-refractivity contribution is -0.108. The molecule has 2 aromatic heterocycles. The molecule has 0 unspecified atom stereocenters. The molecule has 2 heterocycles. The fourth-order valence-corrected chi connectivity index (χ4v) is 2.44. The normalized spacial score (nSPS) is 11.5. The highest BCUT2D eigenvalue weighted by Gasteiger charge is 2.13. The molecule has 1 atom stereocenters. The number of primary amides is 1. The number of benzene rings is 1. The van der Waals surface area contributed by atoms with Gasteiger partial charge < -0.3 is 26.3 Å². The van der Waals surface area contributed by atoms with Crippen LogP contribution in [0.15, 0.2) is 48.7 Å². The van der Waals surface area contributed by atoms with Crippen LogP contribution in [0.5, 0.6) is 11.6 Å². The fourth-order valence-electron chi connectivity index (χ4n) is 2.33. The van der Waals surface area contributed by atoms with Crippen molar-refractivity contribution in [2.45, 2.75) is 6.04 Å². The molecular weight excluding hydrogens is 396 g/mol. The molecule has 0 spiro atoms. The highest BCUT2D eigenvalue weighted by atomic mass is 35.5. The summed E-state index contributed by atoms with van der Waals surface area (Å²) in [5, 5.41) is 3.35. The number of hydrogen-bond acceptors (Lipinski definition) is 8. The number of ether oxygens (including phenoxy) is 1. The second-order valence-electron chi connectivity index (χ2n) is 5.89. The van der Waals surface area contributed by atoms with Gasteiger partial charge in [-0.25, -0.2) is 15.0 Å². The van der Waals surface area contributed by atoms with E-state index < -0.39 is 11.9 Å². The second kappa shape index (κ2) is 9.09. The first kappa shape index (κ1) is 20.2. The standard InChI is InChI=1S/C19H17ClN6O3/c20-12-3-6-17(23-9-12)29-14-4-1-11(2-5-14)19-25-15(18(22)28)7-16(26-19)24-13(8-21)10-27/h1-7,9-10,13H,8,21H2,(H2,22,28)(H,24,25,26)/t13-/m0/s1. The number of halogens is 1. The number of rotatable bonds is 8. The number of nitrogens with zero attached hydrogens (tertiary/aromatic N) is 3. The van der Waals surface area contributed by atoms with E-state index in [0.29, 0.717) is 28.5 Å². The lowest BCUT2D eigenvalue weighted by Gasteiger charge is -2.13. The first-order chi connectivity index (χ1) is 14.0. The number of pyridine rings is 1. The second-order valence-corrected chi connectivity index (χ2v) is 6.33. The molecule has 148 valence electrons. The van der Waals surface area contributed by atoms with Gasteiger partial charge in [0.1, 0.15) is 23.5 Å². The molecule has 3 aromatic rings. The summed E-state index contributed by atoms with van der Waals surface area (Å²) in [4.78, 5) is 35.2. The number of hydrogen-bond donors (Lipinski definition) is 3. The van der Waals surface area contributed by atoms with E-state index in [0.717, 1.165) is 0 Å². The third kappa shape index (κ3) is 5.24. The summed E-state index contributed by atoms with van der Waals surface area (Å²) in [6, 6.07) is 10.9. The van der Waals surface area contributed by atoms with Crippen LogP contribution in [0.25, 0.3) is 11.4 Å². The summed E-state index contributed by atoms with van der Waals surface area (Å²) in [7, 11) is 0. The maximum absolute atomic E-state index is 11.6. The summed E-state index contributed by atoms with van der Waals surface area (Å²) in [6.07, 6.45) is 2.14. The van der Waals surface area contributed by atoms with Gasteiger partial charge in [-0.2, -0.15) is 0 Å². The van der Waals surface area contributed by atoms with Crippen molar-refractivity contribution in [1.29, 1.82) is 0 Å². The highest BCUT2D eigenvalue weighted by Crippen LogP contribution is 2.25.